The first-order valence-electron chi connectivity index (χ1n) is 7.78. The minimum Gasteiger partial charge on any atom is -0.273 e. The zero-order valence-corrected chi connectivity index (χ0v) is 13.7. The van der Waals surface area contributed by atoms with E-state index in [-0.39, 0.29) is 5.91 Å². The van der Waals surface area contributed by atoms with Crippen molar-refractivity contribution in [2.45, 2.75) is 58.8 Å². The zero-order valence-electron chi connectivity index (χ0n) is 13.0. The normalized spacial score (nSPS) is 11.5. The zero-order chi connectivity index (χ0) is 15.5. The average molecular weight is 309 g/mol. The summed E-state index contributed by atoms with van der Waals surface area (Å²) < 4.78 is 0. The van der Waals surface area contributed by atoms with Crippen molar-refractivity contribution in [1.82, 2.24) is 5.43 Å². The van der Waals surface area contributed by atoms with Crippen molar-refractivity contribution in [3.05, 3.63) is 34.9 Å². The van der Waals surface area contributed by atoms with Gasteiger partial charge in [-0.2, -0.15) is 5.10 Å². The van der Waals surface area contributed by atoms with E-state index in [1.165, 1.54) is 19.3 Å². The maximum Gasteiger partial charge on any atom is 0.240 e. The van der Waals surface area contributed by atoms with Gasteiger partial charge in [-0.15, -0.1) is 0 Å². The van der Waals surface area contributed by atoms with Crippen LogP contribution in [0.4, 0.5) is 0 Å². The minimum atomic E-state index is -0.0144. The van der Waals surface area contributed by atoms with Gasteiger partial charge in [-0.25, -0.2) is 5.43 Å². The summed E-state index contributed by atoms with van der Waals surface area (Å²) in [6.45, 7) is 4.19. The largest absolute Gasteiger partial charge is 0.273 e. The Labute approximate surface area is 132 Å². The summed E-state index contributed by atoms with van der Waals surface area (Å²) >= 11 is 5.98. The molecule has 0 bridgehead atoms. The van der Waals surface area contributed by atoms with Crippen molar-refractivity contribution in [2.24, 2.45) is 5.10 Å². The van der Waals surface area contributed by atoms with Crippen LogP contribution in [0.15, 0.2) is 29.4 Å². The number of nitrogens with zero attached hydrogens (tertiary/aromatic N) is 1. The van der Waals surface area contributed by atoms with E-state index in [0.29, 0.717) is 11.4 Å². The topological polar surface area (TPSA) is 41.5 Å². The Bertz CT molecular complexity index is 472. The van der Waals surface area contributed by atoms with Crippen molar-refractivity contribution >= 4 is 23.2 Å². The van der Waals surface area contributed by atoms with Crippen LogP contribution in [-0.2, 0) is 4.79 Å². The molecule has 116 valence electrons. The molecule has 0 aliphatic rings. The standard InChI is InChI=1S/C17H25ClN2O/c1-3-5-6-7-8-12-17(21)20-19-16(4-2)14-10-9-11-15(18)13-14/h9-11,13H,3-8,12H2,1-2H3,(H,20,21). The number of halogens is 1. The minimum absolute atomic E-state index is 0.0144. The van der Waals surface area contributed by atoms with Crippen LogP contribution in [0.3, 0.4) is 0 Å². The molecule has 0 saturated heterocycles. The number of hydrazone groups is 1. The highest BCUT2D eigenvalue weighted by atomic mass is 35.5. The molecule has 4 heteroatoms. The first kappa shape index (κ1) is 17.7. The van der Waals surface area contributed by atoms with Gasteiger partial charge in [-0.1, -0.05) is 63.3 Å². The Morgan fingerprint density at radius 3 is 2.62 bits per heavy atom. The summed E-state index contributed by atoms with van der Waals surface area (Å²) in [6.07, 6.45) is 7.00. The molecule has 21 heavy (non-hydrogen) atoms. The molecule has 0 aromatic heterocycles. The van der Waals surface area contributed by atoms with E-state index in [0.717, 1.165) is 30.5 Å². The highest BCUT2D eigenvalue weighted by Crippen LogP contribution is 2.12. The van der Waals surface area contributed by atoms with E-state index in [2.05, 4.69) is 17.5 Å². The number of hydrogen-bond donors (Lipinski definition) is 1. The van der Waals surface area contributed by atoms with Crippen molar-refractivity contribution in [1.29, 1.82) is 0 Å². The average Bonchev–Trinajstić information content (AvgIpc) is 2.48. The van der Waals surface area contributed by atoms with Gasteiger partial charge in [-0.05, 0) is 30.5 Å². The highest BCUT2D eigenvalue weighted by molar-refractivity contribution is 6.31. The lowest BCUT2D eigenvalue weighted by molar-refractivity contribution is -0.121. The fraction of sp³-hybridized carbons (Fsp3) is 0.529. The Morgan fingerprint density at radius 2 is 1.95 bits per heavy atom. The molecule has 1 amide bonds. The molecule has 0 fully saturated rings. The highest BCUT2D eigenvalue weighted by Gasteiger charge is 2.04. The van der Waals surface area contributed by atoms with Crippen molar-refractivity contribution in [3.8, 4) is 0 Å². The number of hydrogen-bond acceptors (Lipinski definition) is 2. The molecular weight excluding hydrogens is 284 g/mol. The van der Waals surface area contributed by atoms with Crippen LogP contribution in [0.1, 0.15) is 64.4 Å². The van der Waals surface area contributed by atoms with Crippen molar-refractivity contribution in [3.63, 3.8) is 0 Å². The first-order valence-corrected chi connectivity index (χ1v) is 8.16. The predicted molar refractivity (Wildman–Crippen MR) is 89.8 cm³/mol. The van der Waals surface area contributed by atoms with E-state index in [1.807, 2.05) is 31.2 Å². The Balaban J connectivity index is 2.43. The molecule has 0 saturated carbocycles. The second-order valence-corrected chi connectivity index (χ2v) is 5.56. The van der Waals surface area contributed by atoms with Gasteiger partial charge in [0.15, 0.2) is 0 Å². The molecule has 0 unspecified atom stereocenters. The molecule has 0 heterocycles. The van der Waals surface area contributed by atoms with Crippen molar-refractivity contribution in [2.75, 3.05) is 0 Å². The van der Waals surface area contributed by atoms with Crippen LogP contribution in [-0.4, -0.2) is 11.6 Å². The molecule has 1 rings (SSSR count). The van der Waals surface area contributed by atoms with Gasteiger partial charge in [0.05, 0.1) is 5.71 Å². The summed E-state index contributed by atoms with van der Waals surface area (Å²) in [5.74, 6) is -0.0144. The van der Waals surface area contributed by atoms with Crippen LogP contribution >= 0.6 is 11.6 Å². The lowest BCUT2D eigenvalue weighted by Gasteiger charge is -2.06. The molecule has 0 aliphatic heterocycles. The third kappa shape index (κ3) is 7.28. The van der Waals surface area contributed by atoms with Gasteiger partial charge >= 0.3 is 0 Å². The van der Waals surface area contributed by atoms with Crippen LogP contribution in [0.2, 0.25) is 5.02 Å². The summed E-state index contributed by atoms with van der Waals surface area (Å²) in [4.78, 5) is 11.8. The molecule has 3 nitrogen and oxygen atoms in total. The second kappa shape index (κ2) is 10.4. The van der Waals surface area contributed by atoms with Gasteiger partial charge in [0.25, 0.3) is 0 Å². The summed E-state index contributed by atoms with van der Waals surface area (Å²) in [6, 6.07) is 7.53. The van der Waals surface area contributed by atoms with Crippen LogP contribution in [0.5, 0.6) is 0 Å². The van der Waals surface area contributed by atoms with Gasteiger partial charge in [0.2, 0.25) is 5.91 Å². The van der Waals surface area contributed by atoms with Crippen LogP contribution in [0.25, 0.3) is 0 Å². The lowest BCUT2D eigenvalue weighted by Crippen LogP contribution is -2.19. The first-order chi connectivity index (χ1) is 10.2. The molecule has 0 spiro atoms. The number of carbonyl (C=O) groups is 1. The molecule has 0 atom stereocenters. The molecule has 0 radical (unpaired) electrons. The maximum absolute atomic E-state index is 11.8. The second-order valence-electron chi connectivity index (χ2n) is 5.12. The number of unbranched alkanes of at least 4 members (excludes halogenated alkanes) is 4. The molecular formula is C17H25ClN2O. The molecule has 1 N–H and O–H groups in total. The van der Waals surface area contributed by atoms with Gasteiger partial charge in [0.1, 0.15) is 0 Å². The number of amides is 1. The predicted octanol–water partition coefficient (Wildman–Crippen LogP) is 4.93. The van der Waals surface area contributed by atoms with Gasteiger partial charge in [-0.3, -0.25) is 4.79 Å². The lowest BCUT2D eigenvalue weighted by atomic mass is 10.1. The smallest absolute Gasteiger partial charge is 0.240 e. The maximum atomic E-state index is 11.8. The number of rotatable bonds is 9. The molecule has 1 aromatic carbocycles. The van der Waals surface area contributed by atoms with Gasteiger partial charge < -0.3 is 0 Å². The molecule has 0 aliphatic carbocycles. The quantitative estimate of drug-likeness (QED) is 0.392. The monoisotopic (exact) mass is 308 g/mol. The third-order valence-electron chi connectivity index (χ3n) is 3.32. The van der Waals surface area contributed by atoms with Gasteiger partial charge in [0, 0.05) is 11.4 Å². The van der Waals surface area contributed by atoms with E-state index < -0.39 is 0 Å². The van der Waals surface area contributed by atoms with E-state index >= 15 is 0 Å². The van der Waals surface area contributed by atoms with Crippen LogP contribution in [0, 0.1) is 0 Å². The van der Waals surface area contributed by atoms with E-state index in [4.69, 9.17) is 11.6 Å². The van der Waals surface area contributed by atoms with E-state index in [1.54, 1.807) is 0 Å². The number of nitrogens with one attached hydrogen (secondary N) is 1. The fourth-order valence-electron chi connectivity index (χ4n) is 2.09. The SMILES string of the molecule is CCCCCCCC(=O)NN=C(CC)c1cccc(Cl)c1. The number of benzene rings is 1. The van der Waals surface area contributed by atoms with Crippen LogP contribution < -0.4 is 5.43 Å². The summed E-state index contributed by atoms with van der Waals surface area (Å²) in [5, 5.41) is 4.90. The Kier molecular flexibility index (Phi) is 8.76. The summed E-state index contributed by atoms with van der Waals surface area (Å²) in [5.41, 5.74) is 4.44. The summed E-state index contributed by atoms with van der Waals surface area (Å²) in [7, 11) is 0. The Morgan fingerprint density at radius 1 is 1.19 bits per heavy atom. The Hall–Kier alpha value is -1.35. The molecule has 1 aromatic rings. The third-order valence-corrected chi connectivity index (χ3v) is 3.55. The fourth-order valence-corrected chi connectivity index (χ4v) is 2.28. The van der Waals surface area contributed by atoms with E-state index in [9.17, 15) is 4.79 Å². The van der Waals surface area contributed by atoms with Crippen molar-refractivity contribution < 1.29 is 4.79 Å². The number of carbonyl (C=O) groups excluding carboxylic acids is 1.